The van der Waals surface area contributed by atoms with Crippen LogP contribution in [0.1, 0.15) is 37.7 Å². The van der Waals surface area contributed by atoms with Crippen LogP contribution in [-0.4, -0.2) is 30.8 Å². The highest BCUT2D eigenvalue weighted by Gasteiger charge is 2.13. The van der Waals surface area contributed by atoms with E-state index in [1.165, 1.54) is 32.1 Å². The molecule has 1 fully saturated rings. The van der Waals surface area contributed by atoms with E-state index in [4.69, 9.17) is 10.5 Å². The highest BCUT2D eigenvalue weighted by Crippen LogP contribution is 2.26. The van der Waals surface area contributed by atoms with Crippen molar-refractivity contribution in [3.05, 3.63) is 23.8 Å². The van der Waals surface area contributed by atoms with E-state index in [-0.39, 0.29) is 29.7 Å². The summed E-state index contributed by atoms with van der Waals surface area (Å²) in [5.41, 5.74) is 6.99. The second kappa shape index (κ2) is 9.76. The fourth-order valence-corrected chi connectivity index (χ4v) is 2.68. The number of nitrogens with two attached hydrogens (primary N) is 1. The van der Waals surface area contributed by atoms with E-state index in [2.05, 4.69) is 10.3 Å². The minimum atomic E-state index is 0. The van der Waals surface area contributed by atoms with Crippen LogP contribution in [0.5, 0.6) is 11.5 Å². The van der Waals surface area contributed by atoms with Gasteiger partial charge in [0.05, 0.1) is 7.11 Å². The van der Waals surface area contributed by atoms with Crippen molar-refractivity contribution in [1.29, 1.82) is 0 Å². The van der Waals surface area contributed by atoms with Gasteiger partial charge < -0.3 is 20.9 Å². The molecular formula is C16H26IN3O2. The molecule has 1 aliphatic carbocycles. The molecule has 124 valence electrons. The average Bonchev–Trinajstić information content (AvgIpc) is 2.50. The quantitative estimate of drug-likeness (QED) is 0.390. The predicted molar refractivity (Wildman–Crippen MR) is 100 cm³/mol. The van der Waals surface area contributed by atoms with Crippen LogP contribution in [0.4, 0.5) is 0 Å². The van der Waals surface area contributed by atoms with Crippen molar-refractivity contribution >= 4 is 29.9 Å². The Balaban J connectivity index is 0.00000242. The molecule has 0 amide bonds. The van der Waals surface area contributed by atoms with Gasteiger partial charge in [-0.25, -0.2) is 0 Å². The molecule has 1 aromatic carbocycles. The molecule has 0 unspecified atom stereocenters. The molecule has 0 spiro atoms. The van der Waals surface area contributed by atoms with Crippen LogP contribution < -0.4 is 15.8 Å². The number of nitrogens with zero attached hydrogens (tertiary/aromatic N) is 1. The lowest BCUT2D eigenvalue weighted by Gasteiger charge is -2.23. The molecule has 1 aliphatic rings. The van der Waals surface area contributed by atoms with Crippen molar-refractivity contribution < 1.29 is 9.84 Å². The molecule has 2 rings (SSSR count). The zero-order chi connectivity index (χ0) is 15.1. The van der Waals surface area contributed by atoms with Gasteiger partial charge in [0.1, 0.15) is 0 Å². The van der Waals surface area contributed by atoms with Crippen LogP contribution in [0.15, 0.2) is 23.2 Å². The number of hydrogen-bond donors (Lipinski definition) is 3. The molecule has 0 atom stereocenters. The molecule has 0 heterocycles. The molecule has 0 bridgehead atoms. The van der Waals surface area contributed by atoms with Gasteiger partial charge in [0, 0.05) is 12.6 Å². The summed E-state index contributed by atoms with van der Waals surface area (Å²) >= 11 is 0. The number of nitrogens with one attached hydrogen (secondary N) is 1. The Morgan fingerprint density at radius 1 is 1.36 bits per heavy atom. The average molecular weight is 419 g/mol. The third kappa shape index (κ3) is 5.90. The van der Waals surface area contributed by atoms with E-state index in [9.17, 15) is 5.11 Å². The molecule has 22 heavy (non-hydrogen) atoms. The number of guanidine groups is 1. The Bertz CT molecular complexity index is 488. The fraction of sp³-hybridized carbons (Fsp3) is 0.562. The standard InChI is InChI=1S/C16H25N3O2.HI/c1-21-15-11-12(7-8-14(15)20)9-10-18-16(17)19-13-5-3-2-4-6-13;/h7-8,11,13,20H,2-6,9-10H2,1H3,(H3,17,18,19);1H. The van der Waals surface area contributed by atoms with Crippen LogP contribution in [0.3, 0.4) is 0 Å². The van der Waals surface area contributed by atoms with Crippen molar-refractivity contribution in [2.45, 2.75) is 44.6 Å². The number of hydrogen-bond acceptors (Lipinski definition) is 3. The lowest BCUT2D eigenvalue weighted by molar-refractivity contribution is 0.373. The second-order valence-electron chi connectivity index (χ2n) is 5.50. The zero-order valence-corrected chi connectivity index (χ0v) is 15.4. The molecular weight excluding hydrogens is 393 g/mol. The Hall–Kier alpha value is -1.18. The van der Waals surface area contributed by atoms with Gasteiger partial charge in [0.25, 0.3) is 0 Å². The molecule has 0 aromatic heterocycles. The van der Waals surface area contributed by atoms with Gasteiger partial charge >= 0.3 is 0 Å². The molecule has 6 heteroatoms. The number of benzene rings is 1. The highest BCUT2D eigenvalue weighted by molar-refractivity contribution is 14.0. The molecule has 4 N–H and O–H groups in total. The summed E-state index contributed by atoms with van der Waals surface area (Å²) < 4.78 is 5.09. The van der Waals surface area contributed by atoms with Gasteiger partial charge in [-0.15, -0.1) is 24.0 Å². The van der Waals surface area contributed by atoms with Crippen molar-refractivity contribution in [2.24, 2.45) is 10.7 Å². The fourth-order valence-electron chi connectivity index (χ4n) is 2.68. The van der Waals surface area contributed by atoms with Gasteiger partial charge in [-0.2, -0.15) is 0 Å². The van der Waals surface area contributed by atoms with Crippen molar-refractivity contribution in [3.8, 4) is 11.5 Å². The Kier molecular flexibility index (Phi) is 8.37. The third-order valence-corrected chi connectivity index (χ3v) is 3.88. The largest absolute Gasteiger partial charge is 0.504 e. The zero-order valence-electron chi connectivity index (χ0n) is 13.0. The number of phenolic OH excluding ortho intramolecular Hbond substituents is 1. The number of aliphatic imine (C=N–C) groups is 1. The van der Waals surface area contributed by atoms with Gasteiger partial charge in [-0.05, 0) is 37.0 Å². The van der Waals surface area contributed by atoms with Gasteiger partial charge in [-0.1, -0.05) is 25.3 Å². The summed E-state index contributed by atoms with van der Waals surface area (Å²) in [5, 5.41) is 12.8. The molecule has 5 nitrogen and oxygen atoms in total. The first-order valence-electron chi connectivity index (χ1n) is 7.61. The Morgan fingerprint density at radius 3 is 2.77 bits per heavy atom. The van der Waals surface area contributed by atoms with Gasteiger partial charge in [0.15, 0.2) is 17.5 Å². The first-order chi connectivity index (χ1) is 10.2. The maximum atomic E-state index is 9.55. The second-order valence-corrected chi connectivity index (χ2v) is 5.50. The maximum Gasteiger partial charge on any atom is 0.188 e. The monoisotopic (exact) mass is 419 g/mol. The topological polar surface area (TPSA) is 79.9 Å². The molecule has 0 aliphatic heterocycles. The van der Waals surface area contributed by atoms with E-state index in [1.54, 1.807) is 13.2 Å². The number of methoxy groups -OCH3 is 1. The summed E-state index contributed by atoms with van der Waals surface area (Å²) in [6, 6.07) is 5.83. The summed E-state index contributed by atoms with van der Waals surface area (Å²) in [6.45, 7) is 0.624. The summed E-state index contributed by atoms with van der Waals surface area (Å²) in [5.74, 6) is 1.18. The molecule has 1 aromatic rings. The molecule has 0 saturated heterocycles. The minimum absolute atomic E-state index is 0. The van der Waals surface area contributed by atoms with Crippen molar-refractivity contribution in [2.75, 3.05) is 13.7 Å². The van der Waals surface area contributed by atoms with E-state index >= 15 is 0 Å². The first kappa shape index (κ1) is 18.9. The SMILES string of the molecule is COc1cc(CCN=C(N)NC2CCCCC2)ccc1O.I. The van der Waals surface area contributed by atoms with E-state index < -0.39 is 0 Å². The van der Waals surface area contributed by atoms with Crippen molar-refractivity contribution in [3.63, 3.8) is 0 Å². The first-order valence-corrected chi connectivity index (χ1v) is 7.61. The smallest absolute Gasteiger partial charge is 0.188 e. The molecule has 0 radical (unpaired) electrons. The summed E-state index contributed by atoms with van der Waals surface area (Å²) in [6.07, 6.45) is 7.02. The highest BCUT2D eigenvalue weighted by atomic mass is 127. The van der Waals surface area contributed by atoms with Crippen LogP contribution >= 0.6 is 24.0 Å². The number of aromatic hydroxyl groups is 1. The summed E-state index contributed by atoms with van der Waals surface area (Å²) in [7, 11) is 1.54. The normalized spacial score (nSPS) is 16.0. The Morgan fingerprint density at radius 2 is 2.09 bits per heavy atom. The minimum Gasteiger partial charge on any atom is -0.504 e. The lowest BCUT2D eigenvalue weighted by Crippen LogP contribution is -2.41. The number of halogens is 1. The van der Waals surface area contributed by atoms with Gasteiger partial charge in [0.2, 0.25) is 0 Å². The van der Waals surface area contributed by atoms with E-state index in [0.29, 0.717) is 24.3 Å². The third-order valence-electron chi connectivity index (χ3n) is 3.88. The molecule has 1 saturated carbocycles. The van der Waals surface area contributed by atoms with Crippen LogP contribution in [-0.2, 0) is 6.42 Å². The predicted octanol–water partition coefficient (Wildman–Crippen LogP) is 2.80. The summed E-state index contributed by atoms with van der Waals surface area (Å²) in [4.78, 5) is 4.37. The Labute approximate surface area is 149 Å². The van der Waals surface area contributed by atoms with E-state index in [1.807, 2.05) is 12.1 Å². The lowest BCUT2D eigenvalue weighted by atomic mass is 9.96. The van der Waals surface area contributed by atoms with Gasteiger partial charge in [-0.3, -0.25) is 4.99 Å². The van der Waals surface area contributed by atoms with Crippen LogP contribution in [0, 0.1) is 0 Å². The van der Waals surface area contributed by atoms with E-state index in [0.717, 1.165) is 12.0 Å². The van der Waals surface area contributed by atoms with Crippen LogP contribution in [0.25, 0.3) is 0 Å². The van der Waals surface area contributed by atoms with Crippen molar-refractivity contribution in [1.82, 2.24) is 5.32 Å². The van der Waals surface area contributed by atoms with Crippen LogP contribution in [0.2, 0.25) is 0 Å². The number of ether oxygens (including phenoxy) is 1. The number of phenols is 1. The maximum absolute atomic E-state index is 9.55. The number of rotatable bonds is 5.